The van der Waals surface area contributed by atoms with Crippen LogP contribution in [0.15, 0.2) is 47.1 Å². The Morgan fingerprint density at radius 3 is 2.55 bits per heavy atom. The average Bonchev–Trinajstić information content (AvgIpc) is 3.04. The van der Waals surface area contributed by atoms with Crippen molar-refractivity contribution in [1.29, 1.82) is 0 Å². The quantitative estimate of drug-likeness (QED) is 0.457. The normalized spacial score (nSPS) is 35.4. The summed E-state index contributed by atoms with van der Waals surface area (Å²) in [4.78, 5) is 0. The third kappa shape index (κ3) is 4.98. The average molecular weight is 397 g/mol. The number of hydrogen-bond donors (Lipinski definition) is 1. The van der Waals surface area contributed by atoms with E-state index in [1.165, 1.54) is 36.8 Å². The number of hydrogen-bond acceptors (Lipinski definition) is 1. The molecule has 0 aliphatic heterocycles. The zero-order valence-electron chi connectivity index (χ0n) is 19.7. The molecule has 0 saturated heterocycles. The summed E-state index contributed by atoms with van der Waals surface area (Å²) in [6.07, 6.45) is 20.1. The van der Waals surface area contributed by atoms with Gasteiger partial charge in [0.2, 0.25) is 0 Å². The van der Waals surface area contributed by atoms with Gasteiger partial charge in [0.25, 0.3) is 0 Å². The molecule has 0 spiro atoms. The van der Waals surface area contributed by atoms with Gasteiger partial charge in [-0.25, -0.2) is 0 Å². The molecule has 1 nitrogen and oxygen atoms in total. The first kappa shape index (κ1) is 22.6. The van der Waals surface area contributed by atoms with Crippen molar-refractivity contribution < 1.29 is 5.11 Å². The van der Waals surface area contributed by atoms with Crippen LogP contribution in [0, 0.1) is 35.0 Å². The van der Waals surface area contributed by atoms with E-state index in [1.54, 1.807) is 5.57 Å². The second-order valence-corrected chi connectivity index (χ2v) is 10.9. The van der Waals surface area contributed by atoms with Gasteiger partial charge in [-0.15, -0.1) is 0 Å². The minimum absolute atomic E-state index is 0.152. The van der Waals surface area contributed by atoms with E-state index >= 15 is 0 Å². The Labute approximate surface area is 180 Å². The minimum atomic E-state index is -0.152. The van der Waals surface area contributed by atoms with Crippen molar-refractivity contribution in [3.05, 3.63) is 47.1 Å². The first-order valence-corrected chi connectivity index (χ1v) is 12.2. The van der Waals surface area contributed by atoms with Crippen molar-refractivity contribution in [2.75, 3.05) is 0 Å². The summed E-state index contributed by atoms with van der Waals surface area (Å²) in [6.45, 7) is 14.2. The van der Waals surface area contributed by atoms with Crippen molar-refractivity contribution >= 4 is 0 Å². The fourth-order valence-corrected chi connectivity index (χ4v) is 6.10. The van der Waals surface area contributed by atoms with Gasteiger partial charge in [0.1, 0.15) is 0 Å². The molecular formula is C28H44O. The van der Waals surface area contributed by atoms with Crippen LogP contribution in [-0.2, 0) is 0 Å². The molecule has 0 radical (unpaired) electrons. The van der Waals surface area contributed by atoms with E-state index < -0.39 is 0 Å². The second-order valence-electron chi connectivity index (χ2n) is 10.9. The van der Waals surface area contributed by atoms with Crippen LogP contribution < -0.4 is 0 Å². The third-order valence-electron chi connectivity index (χ3n) is 8.61. The Morgan fingerprint density at radius 1 is 1.07 bits per heavy atom. The number of aliphatic hydroxyl groups is 1. The van der Waals surface area contributed by atoms with Crippen LogP contribution in [0.1, 0.15) is 86.5 Å². The van der Waals surface area contributed by atoms with Gasteiger partial charge >= 0.3 is 0 Å². The van der Waals surface area contributed by atoms with E-state index in [0.29, 0.717) is 23.2 Å². The third-order valence-corrected chi connectivity index (χ3v) is 8.61. The number of fused-ring (bicyclic) bond motifs is 1. The Hall–Kier alpha value is -1.08. The monoisotopic (exact) mass is 396 g/mol. The smallest absolute Gasteiger partial charge is 0.0583 e. The van der Waals surface area contributed by atoms with Gasteiger partial charge in [-0.1, -0.05) is 70.6 Å². The molecule has 29 heavy (non-hydrogen) atoms. The zero-order valence-corrected chi connectivity index (χ0v) is 19.7. The molecule has 3 rings (SSSR count). The van der Waals surface area contributed by atoms with Crippen molar-refractivity contribution in [2.45, 2.75) is 92.6 Å². The van der Waals surface area contributed by atoms with E-state index in [9.17, 15) is 5.11 Å². The van der Waals surface area contributed by atoms with Gasteiger partial charge in [-0.2, -0.15) is 0 Å². The SMILES string of the molecule is CC1=C(/C=C\C2=CCC[C@]3(C)[C@@H]([C@H](C)/C=C/[C@H](C)C(C)C)CC[C@@H]23)C[C@@H](O)CC1. The molecule has 0 aromatic heterocycles. The topological polar surface area (TPSA) is 20.2 Å². The molecule has 0 bridgehead atoms. The van der Waals surface area contributed by atoms with E-state index in [2.05, 4.69) is 71.9 Å². The first-order valence-electron chi connectivity index (χ1n) is 12.2. The van der Waals surface area contributed by atoms with Gasteiger partial charge in [-0.05, 0) is 98.0 Å². The van der Waals surface area contributed by atoms with Crippen LogP contribution in [-0.4, -0.2) is 11.2 Å². The highest BCUT2D eigenvalue weighted by atomic mass is 16.3. The molecule has 0 heterocycles. The van der Waals surface area contributed by atoms with Crippen LogP contribution in [0.4, 0.5) is 0 Å². The molecule has 1 fully saturated rings. The first-order chi connectivity index (χ1) is 13.7. The van der Waals surface area contributed by atoms with E-state index in [-0.39, 0.29) is 6.10 Å². The lowest BCUT2D eigenvalue weighted by molar-refractivity contribution is 0.129. The lowest BCUT2D eigenvalue weighted by atomic mass is 9.62. The van der Waals surface area contributed by atoms with Crippen molar-refractivity contribution in [2.24, 2.45) is 35.0 Å². The van der Waals surface area contributed by atoms with Crippen molar-refractivity contribution in [3.8, 4) is 0 Å². The molecule has 3 aliphatic carbocycles. The minimum Gasteiger partial charge on any atom is -0.393 e. The Morgan fingerprint density at radius 2 is 1.83 bits per heavy atom. The molecule has 162 valence electrons. The van der Waals surface area contributed by atoms with Gasteiger partial charge in [-0.3, -0.25) is 0 Å². The molecule has 6 atom stereocenters. The summed E-state index contributed by atoms with van der Waals surface area (Å²) >= 11 is 0. The highest BCUT2D eigenvalue weighted by molar-refractivity contribution is 5.36. The highest BCUT2D eigenvalue weighted by Crippen LogP contribution is 2.58. The summed E-state index contributed by atoms with van der Waals surface area (Å²) in [5.41, 5.74) is 4.82. The Kier molecular flexibility index (Phi) is 7.31. The van der Waals surface area contributed by atoms with E-state index in [0.717, 1.165) is 31.1 Å². The van der Waals surface area contributed by atoms with Gasteiger partial charge in [0.05, 0.1) is 6.10 Å². The van der Waals surface area contributed by atoms with Crippen LogP contribution in [0.3, 0.4) is 0 Å². The second kappa shape index (κ2) is 9.38. The molecule has 1 N–H and O–H groups in total. The molecular weight excluding hydrogens is 352 g/mol. The largest absolute Gasteiger partial charge is 0.393 e. The van der Waals surface area contributed by atoms with Crippen LogP contribution in [0.5, 0.6) is 0 Å². The summed E-state index contributed by atoms with van der Waals surface area (Å²) < 4.78 is 0. The maximum Gasteiger partial charge on any atom is 0.0583 e. The number of rotatable bonds is 6. The Bertz CT molecular complexity index is 691. The maximum atomic E-state index is 10.1. The summed E-state index contributed by atoms with van der Waals surface area (Å²) in [6, 6.07) is 0. The standard InChI is InChI=1S/C28H44O/c1-19(2)20(3)9-10-22(5)26-15-16-27-23(8-7-17-28(26,27)6)12-13-24-18-25(29)14-11-21(24)4/h8-10,12-13,19-20,22,25-27,29H,7,11,14-18H2,1-6H3/b10-9+,13-12-/t20-,22+,25-,26+,27-,28+/m0/s1. The van der Waals surface area contributed by atoms with Gasteiger partial charge in [0, 0.05) is 0 Å². The van der Waals surface area contributed by atoms with Crippen molar-refractivity contribution in [1.82, 2.24) is 0 Å². The fraction of sp³-hybridized carbons (Fsp3) is 0.714. The number of aliphatic hydroxyl groups excluding tert-OH is 1. The van der Waals surface area contributed by atoms with Crippen LogP contribution in [0.2, 0.25) is 0 Å². The van der Waals surface area contributed by atoms with E-state index in [4.69, 9.17) is 0 Å². The summed E-state index contributed by atoms with van der Waals surface area (Å²) in [5.74, 6) is 3.53. The molecule has 1 saturated carbocycles. The Balaban J connectivity index is 1.73. The highest BCUT2D eigenvalue weighted by Gasteiger charge is 2.49. The van der Waals surface area contributed by atoms with E-state index in [1.807, 2.05) is 0 Å². The number of allylic oxidation sites excluding steroid dienone is 7. The van der Waals surface area contributed by atoms with Gasteiger partial charge in [0.15, 0.2) is 0 Å². The predicted molar refractivity (Wildman–Crippen MR) is 126 cm³/mol. The molecule has 0 amide bonds. The van der Waals surface area contributed by atoms with Crippen molar-refractivity contribution in [3.63, 3.8) is 0 Å². The molecule has 0 aromatic rings. The zero-order chi connectivity index (χ0) is 21.2. The predicted octanol–water partition coefficient (Wildman–Crippen LogP) is 7.64. The molecule has 1 heteroatoms. The summed E-state index contributed by atoms with van der Waals surface area (Å²) in [7, 11) is 0. The molecule has 0 unspecified atom stereocenters. The lowest BCUT2D eigenvalue weighted by Crippen LogP contribution is -2.34. The van der Waals surface area contributed by atoms with Gasteiger partial charge < -0.3 is 5.11 Å². The molecule has 0 aromatic carbocycles. The van der Waals surface area contributed by atoms with Crippen LogP contribution in [0.25, 0.3) is 0 Å². The summed E-state index contributed by atoms with van der Waals surface area (Å²) in [5, 5.41) is 10.1. The maximum absolute atomic E-state index is 10.1. The fourth-order valence-electron chi connectivity index (χ4n) is 6.10. The molecule has 3 aliphatic rings. The van der Waals surface area contributed by atoms with Crippen LogP contribution >= 0.6 is 0 Å². The lowest BCUT2D eigenvalue weighted by Gasteiger charge is -2.42.